The first-order chi connectivity index (χ1) is 8.78. The monoisotopic (exact) mass is 243 g/mol. The molecule has 0 amide bonds. The van der Waals surface area contributed by atoms with Gasteiger partial charge in [-0.05, 0) is 0 Å². The van der Waals surface area contributed by atoms with Crippen molar-refractivity contribution in [3.8, 4) is 23.3 Å². The number of fused-ring (bicyclic) bond motifs is 1. The van der Waals surface area contributed by atoms with Gasteiger partial charge >= 0.3 is 0 Å². The minimum atomic E-state index is 0.0873. The Kier molecular flexibility index (Phi) is 2.27. The van der Waals surface area contributed by atoms with Crippen molar-refractivity contribution in [3.05, 3.63) is 24.3 Å². The van der Waals surface area contributed by atoms with Crippen LogP contribution in [0.1, 0.15) is 5.82 Å². The van der Waals surface area contributed by atoms with Crippen LogP contribution in [-0.2, 0) is 0 Å². The van der Waals surface area contributed by atoms with E-state index in [1.807, 2.05) is 6.07 Å². The van der Waals surface area contributed by atoms with Crippen LogP contribution in [0, 0.1) is 11.3 Å². The summed E-state index contributed by atoms with van der Waals surface area (Å²) in [6, 6.07) is 5.26. The highest BCUT2D eigenvalue weighted by molar-refractivity contribution is 5.65. The van der Waals surface area contributed by atoms with Crippen molar-refractivity contribution in [3.63, 3.8) is 0 Å². The first-order valence-electron chi connectivity index (χ1n) is 5.29. The van der Waals surface area contributed by atoms with Crippen LogP contribution < -0.4 is 15.2 Å². The number of nitriles is 1. The first-order valence-corrected chi connectivity index (χ1v) is 5.29. The van der Waals surface area contributed by atoms with Crippen LogP contribution in [0.25, 0.3) is 5.69 Å². The Hall–Kier alpha value is -2.75. The van der Waals surface area contributed by atoms with Gasteiger partial charge < -0.3 is 15.2 Å². The molecule has 1 aromatic carbocycles. The summed E-state index contributed by atoms with van der Waals surface area (Å²) in [5, 5.41) is 12.7. The van der Waals surface area contributed by atoms with E-state index in [9.17, 15) is 0 Å². The molecule has 0 radical (unpaired) electrons. The smallest absolute Gasteiger partial charge is 0.252 e. The van der Waals surface area contributed by atoms with Crippen molar-refractivity contribution < 1.29 is 9.47 Å². The number of nitrogens with two attached hydrogens (primary N) is 1. The van der Waals surface area contributed by atoms with Crippen molar-refractivity contribution >= 4 is 5.69 Å². The number of ether oxygens (including phenoxy) is 2. The van der Waals surface area contributed by atoms with E-state index in [4.69, 9.17) is 20.5 Å². The number of nitrogen functional groups attached to an aromatic ring is 1. The first kappa shape index (κ1) is 10.4. The van der Waals surface area contributed by atoms with Gasteiger partial charge in [0, 0.05) is 12.1 Å². The fourth-order valence-electron chi connectivity index (χ4n) is 1.72. The predicted molar refractivity (Wildman–Crippen MR) is 61.5 cm³/mol. The lowest BCUT2D eigenvalue weighted by atomic mass is 10.2. The summed E-state index contributed by atoms with van der Waals surface area (Å²) in [4.78, 5) is 3.83. The Morgan fingerprint density at radius 1 is 1.28 bits per heavy atom. The fraction of sp³-hybridized carbons (Fsp3) is 0.182. The molecule has 0 aliphatic carbocycles. The molecule has 0 bridgehead atoms. The molecule has 0 saturated carbocycles. The van der Waals surface area contributed by atoms with E-state index in [2.05, 4.69) is 10.1 Å². The third kappa shape index (κ3) is 1.60. The van der Waals surface area contributed by atoms with E-state index in [1.165, 1.54) is 11.0 Å². The van der Waals surface area contributed by atoms with E-state index in [0.29, 0.717) is 36.1 Å². The number of hydrogen-bond donors (Lipinski definition) is 1. The van der Waals surface area contributed by atoms with E-state index in [0.717, 1.165) is 0 Å². The molecule has 90 valence electrons. The normalized spacial score (nSPS) is 13.1. The van der Waals surface area contributed by atoms with E-state index >= 15 is 0 Å². The molecule has 0 saturated heterocycles. The molecule has 2 aromatic rings. The average molecular weight is 243 g/mol. The van der Waals surface area contributed by atoms with E-state index in [1.54, 1.807) is 12.1 Å². The molecule has 1 aliphatic rings. The molecule has 2 heterocycles. The lowest BCUT2D eigenvalue weighted by Crippen LogP contribution is -2.16. The highest BCUT2D eigenvalue weighted by atomic mass is 16.6. The second-order valence-corrected chi connectivity index (χ2v) is 3.68. The van der Waals surface area contributed by atoms with Crippen molar-refractivity contribution in [2.45, 2.75) is 0 Å². The van der Waals surface area contributed by atoms with Gasteiger partial charge in [-0.1, -0.05) is 0 Å². The summed E-state index contributed by atoms with van der Waals surface area (Å²) in [7, 11) is 0. The van der Waals surface area contributed by atoms with Crippen LogP contribution in [0.2, 0.25) is 0 Å². The van der Waals surface area contributed by atoms with Gasteiger partial charge in [0.15, 0.2) is 11.5 Å². The van der Waals surface area contributed by atoms with Gasteiger partial charge in [-0.3, -0.25) is 0 Å². The van der Waals surface area contributed by atoms with Crippen LogP contribution in [0.4, 0.5) is 5.69 Å². The van der Waals surface area contributed by atoms with Crippen LogP contribution >= 0.6 is 0 Å². The molecular weight excluding hydrogens is 234 g/mol. The van der Waals surface area contributed by atoms with Gasteiger partial charge in [0.25, 0.3) is 5.82 Å². The zero-order valence-corrected chi connectivity index (χ0v) is 9.33. The average Bonchev–Trinajstić information content (AvgIpc) is 2.86. The Bertz CT molecular complexity index is 643. The van der Waals surface area contributed by atoms with Crippen molar-refractivity contribution in [1.29, 1.82) is 5.26 Å². The van der Waals surface area contributed by atoms with Crippen molar-refractivity contribution in [2.24, 2.45) is 0 Å². The zero-order chi connectivity index (χ0) is 12.5. The second-order valence-electron chi connectivity index (χ2n) is 3.68. The maximum atomic E-state index is 8.69. The number of anilines is 1. The molecule has 2 N–H and O–H groups in total. The molecule has 0 atom stereocenters. The van der Waals surface area contributed by atoms with E-state index in [-0.39, 0.29) is 5.82 Å². The summed E-state index contributed by atoms with van der Waals surface area (Å²) < 4.78 is 12.3. The quantitative estimate of drug-likeness (QED) is 0.732. The van der Waals surface area contributed by atoms with Crippen LogP contribution in [0.5, 0.6) is 11.5 Å². The maximum Gasteiger partial charge on any atom is 0.252 e. The van der Waals surface area contributed by atoms with E-state index < -0.39 is 0 Å². The second kappa shape index (κ2) is 3.92. The summed E-state index contributed by atoms with van der Waals surface area (Å²) in [6.45, 7) is 1.00. The molecule has 7 heteroatoms. The van der Waals surface area contributed by atoms with Crippen molar-refractivity contribution in [2.75, 3.05) is 18.9 Å². The fourth-order valence-corrected chi connectivity index (χ4v) is 1.72. The van der Waals surface area contributed by atoms with Crippen LogP contribution in [0.15, 0.2) is 18.5 Å². The lowest BCUT2D eigenvalue weighted by Gasteiger charge is -2.19. The molecule has 3 rings (SSSR count). The van der Waals surface area contributed by atoms with Gasteiger partial charge in [-0.2, -0.15) is 5.26 Å². The highest BCUT2D eigenvalue weighted by Gasteiger charge is 2.16. The summed E-state index contributed by atoms with van der Waals surface area (Å²) in [5.41, 5.74) is 7.01. The molecule has 18 heavy (non-hydrogen) atoms. The third-order valence-corrected chi connectivity index (χ3v) is 2.53. The summed E-state index contributed by atoms with van der Waals surface area (Å²) in [6.07, 6.45) is 1.43. The predicted octanol–water partition coefficient (Wildman–Crippen LogP) is 0.492. The minimum Gasteiger partial charge on any atom is -0.486 e. The number of hydrogen-bond acceptors (Lipinski definition) is 6. The Balaban J connectivity index is 2.09. The standard InChI is InChI=1S/C11H9N5O2/c12-5-11-14-6-16(15-11)8-4-10-9(3-7(8)13)17-1-2-18-10/h3-4,6H,1-2,13H2. The SMILES string of the molecule is N#Cc1ncn(-c2cc3c(cc2N)OCCO3)n1. The highest BCUT2D eigenvalue weighted by Crippen LogP contribution is 2.35. The van der Waals surface area contributed by atoms with Crippen LogP contribution in [0.3, 0.4) is 0 Å². The molecule has 1 aromatic heterocycles. The minimum absolute atomic E-state index is 0.0873. The third-order valence-electron chi connectivity index (χ3n) is 2.53. The largest absolute Gasteiger partial charge is 0.486 e. The number of rotatable bonds is 1. The molecule has 0 fully saturated rings. The molecular formula is C11H9N5O2. The van der Waals surface area contributed by atoms with Gasteiger partial charge in [0.1, 0.15) is 25.6 Å². The number of aromatic nitrogens is 3. The molecule has 0 spiro atoms. The van der Waals surface area contributed by atoms with Crippen LogP contribution in [-0.4, -0.2) is 28.0 Å². The lowest BCUT2D eigenvalue weighted by molar-refractivity contribution is 0.171. The van der Waals surface area contributed by atoms with Gasteiger partial charge in [-0.15, -0.1) is 5.10 Å². The van der Waals surface area contributed by atoms with Gasteiger partial charge in [0.2, 0.25) is 0 Å². The Morgan fingerprint density at radius 3 is 2.67 bits per heavy atom. The van der Waals surface area contributed by atoms with Crippen molar-refractivity contribution in [1.82, 2.24) is 14.8 Å². The number of benzene rings is 1. The molecule has 1 aliphatic heterocycles. The molecule has 0 unspecified atom stereocenters. The Morgan fingerprint density at radius 2 is 2.00 bits per heavy atom. The summed E-state index contributed by atoms with van der Waals surface area (Å²) >= 11 is 0. The molecule has 7 nitrogen and oxygen atoms in total. The van der Waals surface area contributed by atoms with Gasteiger partial charge in [0.05, 0.1) is 11.4 Å². The van der Waals surface area contributed by atoms with Gasteiger partial charge in [-0.25, -0.2) is 9.67 Å². The number of nitrogens with zero attached hydrogens (tertiary/aromatic N) is 4. The Labute approximate surface area is 102 Å². The maximum absolute atomic E-state index is 8.69. The topological polar surface area (TPSA) is 99.0 Å². The summed E-state index contributed by atoms with van der Waals surface area (Å²) in [5.74, 6) is 1.31. The zero-order valence-electron chi connectivity index (χ0n) is 9.33.